The minimum atomic E-state index is -0.865. The fourth-order valence-electron chi connectivity index (χ4n) is 9.60. The molecule has 0 aromatic carbocycles. The maximum absolute atomic E-state index is 17.1. The van der Waals surface area contributed by atoms with E-state index >= 15 is 4.39 Å². The summed E-state index contributed by atoms with van der Waals surface area (Å²) >= 11 is 7.12. The van der Waals surface area contributed by atoms with Gasteiger partial charge in [0.05, 0.1) is 35.1 Å². The van der Waals surface area contributed by atoms with Crippen molar-refractivity contribution >= 4 is 28.3 Å². The Morgan fingerprint density at radius 3 is 2.91 bits per heavy atom. The van der Waals surface area contributed by atoms with Gasteiger partial charge < -0.3 is 9.64 Å². The molecule has 1 aliphatic carbocycles. The van der Waals surface area contributed by atoms with E-state index in [1.165, 1.54) is 0 Å². The Bertz CT molecular complexity index is 1630. The largest absolute Gasteiger partial charge is 0.461 e. The monoisotopic (exact) mass is 654 g/mol. The highest BCUT2D eigenvalue weighted by atomic mass is 35.5. The first kappa shape index (κ1) is 29.4. The van der Waals surface area contributed by atoms with Crippen LogP contribution in [0.4, 0.5) is 14.6 Å². The smallest absolute Gasteiger partial charge is 0.319 e. The fourth-order valence-corrected chi connectivity index (χ4v) is 10.1. The minimum absolute atomic E-state index is 0.0237. The van der Waals surface area contributed by atoms with Crippen LogP contribution in [0.3, 0.4) is 0 Å². The zero-order valence-electron chi connectivity index (χ0n) is 25.9. The summed E-state index contributed by atoms with van der Waals surface area (Å²) in [6, 6.07) is 0.264. The van der Waals surface area contributed by atoms with Crippen LogP contribution >= 0.6 is 11.6 Å². The number of hydrogen-bond acceptors (Lipinski definition) is 10. The van der Waals surface area contributed by atoms with E-state index in [2.05, 4.69) is 25.8 Å². The van der Waals surface area contributed by atoms with Gasteiger partial charge in [-0.1, -0.05) is 0 Å². The molecule has 10 rings (SSSR count). The Morgan fingerprint density at radius 2 is 1.98 bits per heavy atom. The van der Waals surface area contributed by atoms with Crippen molar-refractivity contribution in [3.05, 3.63) is 29.6 Å². The summed E-state index contributed by atoms with van der Waals surface area (Å²) in [5, 5.41) is 9.95. The first-order valence-electron chi connectivity index (χ1n) is 17.1. The number of aryl methyl sites for hydroxylation is 1. The van der Waals surface area contributed by atoms with E-state index in [4.69, 9.17) is 36.4 Å². The summed E-state index contributed by atoms with van der Waals surface area (Å²) in [7, 11) is 0. The molecule has 8 bridgehead atoms. The van der Waals surface area contributed by atoms with Crippen LogP contribution in [0.5, 0.6) is 6.01 Å². The van der Waals surface area contributed by atoms with Gasteiger partial charge in [0.1, 0.15) is 24.1 Å². The second-order valence-electron chi connectivity index (χ2n) is 14.4. The number of halogens is 3. The molecule has 5 fully saturated rings. The van der Waals surface area contributed by atoms with E-state index in [0.29, 0.717) is 49.5 Å². The molecule has 5 unspecified atom stereocenters. The number of anilines is 1. The molecule has 9 heterocycles. The van der Waals surface area contributed by atoms with Crippen LogP contribution in [-0.2, 0) is 6.54 Å². The van der Waals surface area contributed by atoms with E-state index in [1.54, 1.807) is 11.0 Å². The Labute approximate surface area is 271 Å². The van der Waals surface area contributed by atoms with Crippen LogP contribution in [0.2, 0.25) is 0 Å². The highest BCUT2D eigenvalue weighted by molar-refractivity contribution is 6.21. The van der Waals surface area contributed by atoms with Crippen molar-refractivity contribution in [3.8, 4) is 6.01 Å². The standard InChI is InChI=1S/C32H41ClF2N10O/c33-23-10-24-21(13-37-41-24)26-20(23)5-2-9-45-38-14-25(42-45)18-4-1-7-43(15-18)30-22-12-36-29(26)27(35)28(22)39-31(40-30)46-17-32-6-3-8-44(32)16-19(34)11-32/h12,14,18-21,23-24,26,37,41H,1-11,13,15-17H2/t18-,19-,20?,21?,23?,24?,26?,32+/m1/s1. The van der Waals surface area contributed by atoms with Crippen molar-refractivity contribution in [3.63, 3.8) is 0 Å². The second kappa shape index (κ2) is 11.5. The molecule has 8 atom stereocenters. The Morgan fingerprint density at radius 1 is 1.07 bits per heavy atom. The predicted octanol–water partition coefficient (Wildman–Crippen LogP) is 3.69. The molecule has 0 radical (unpaired) electrons. The number of ether oxygens (including phenoxy) is 1. The first-order chi connectivity index (χ1) is 22.5. The molecule has 14 heteroatoms. The summed E-state index contributed by atoms with van der Waals surface area (Å²) in [6.07, 6.45) is 9.51. The van der Waals surface area contributed by atoms with Crippen molar-refractivity contribution in [2.75, 3.05) is 44.2 Å². The van der Waals surface area contributed by atoms with Gasteiger partial charge in [0.25, 0.3) is 0 Å². The van der Waals surface area contributed by atoms with Crippen molar-refractivity contribution < 1.29 is 13.5 Å². The molecule has 7 aliphatic rings. The molecule has 246 valence electrons. The molecule has 11 nitrogen and oxygen atoms in total. The van der Waals surface area contributed by atoms with Gasteiger partial charge in [-0.25, -0.2) is 8.78 Å². The van der Waals surface area contributed by atoms with Crippen LogP contribution in [-0.4, -0.2) is 97.3 Å². The van der Waals surface area contributed by atoms with E-state index < -0.39 is 12.0 Å². The summed E-state index contributed by atoms with van der Waals surface area (Å²) in [6.45, 7) is 4.43. The summed E-state index contributed by atoms with van der Waals surface area (Å²) in [5.74, 6) is 0.333. The third kappa shape index (κ3) is 4.86. The summed E-state index contributed by atoms with van der Waals surface area (Å²) < 4.78 is 38.1. The van der Waals surface area contributed by atoms with Gasteiger partial charge in [0.2, 0.25) is 0 Å². The average Bonchev–Trinajstić information content (AvgIpc) is 3.85. The lowest BCUT2D eigenvalue weighted by Gasteiger charge is -2.42. The molecular formula is C32H41ClF2N10O. The molecular weight excluding hydrogens is 614 g/mol. The van der Waals surface area contributed by atoms with Crippen molar-refractivity contribution in [2.24, 2.45) is 11.8 Å². The maximum Gasteiger partial charge on any atom is 0.319 e. The van der Waals surface area contributed by atoms with Gasteiger partial charge in [0.15, 0.2) is 5.82 Å². The molecule has 46 heavy (non-hydrogen) atoms. The lowest BCUT2D eigenvalue weighted by molar-refractivity contribution is 0.107. The van der Waals surface area contributed by atoms with Crippen LogP contribution in [0.15, 0.2) is 12.4 Å². The van der Waals surface area contributed by atoms with Crippen LogP contribution in [0.25, 0.3) is 10.9 Å². The quantitative estimate of drug-likeness (QED) is 0.406. The minimum Gasteiger partial charge on any atom is -0.461 e. The number of aromatic nitrogens is 6. The van der Waals surface area contributed by atoms with Crippen LogP contribution < -0.4 is 20.5 Å². The van der Waals surface area contributed by atoms with Gasteiger partial charge in [-0.05, 0) is 63.3 Å². The number of rotatable bonds is 3. The number of hydrazine groups is 1. The normalized spacial score (nSPS) is 35.9. The average molecular weight is 655 g/mol. The molecule has 6 aliphatic heterocycles. The van der Waals surface area contributed by atoms with Crippen molar-refractivity contribution in [1.29, 1.82) is 0 Å². The molecule has 3 aromatic rings. The van der Waals surface area contributed by atoms with E-state index in [0.717, 1.165) is 63.7 Å². The van der Waals surface area contributed by atoms with Gasteiger partial charge in [0, 0.05) is 62.1 Å². The molecule has 4 saturated heterocycles. The topological polar surface area (TPSA) is 109 Å². The summed E-state index contributed by atoms with van der Waals surface area (Å²) in [5.41, 5.74) is 7.94. The molecule has 0 spiro atoms. The van der Waals surface area contributed by atoms with E-state index in [9.17, 15) is 4.39 Å². The number of pyridine rings is 1. The number of piperidine rings is 1. The van der Waals surface area contributed by atoms with Crippen LogP contribution in [0.1, 0.15) is 74.6 Å². The first-order valence-corrected chi connectivity index (χ1v) is 17.5. The number of fused-ring (bicyclic) bond motifs is 5. The Hall–Kier alpha value is -2.74. The number of nitrogens with one attached hydrogen (secondary N) is 2. The molecule has 0 amide bonds. The number of nitrogens with zero attached hydrogens (tertiary/aromatic N) is 8. The van der Waals surface area contributed by atoms with Crippen molar-refractivity contribution in [1.82, 2.24) is 45.7 Å². The van der Waals surface area contributed by atoms with E-state index in [1.807, 2.05) is 6.20 Å². The Kier molecular flexibility index (Phi) is 7.32. The van der Waals surface area contributed by atoms with Gasteiger partial charge >= 0.3 is 6.01 Å². The fraction of sp³-hybridized carbons (Fsp3) is 0.719. The van der Waals surface area contributed by atoms with Crippen LogP contribution in [0, 0.1) is 17.7 Å². The van der Waals surface area contributed by atoms with Gasteiger partial charge in [-0.3, -0.25) is 20.7 Å². The third-order valence-corrected chi connectivity index (χ3v) is 12.3. The van der Waals surface area contributed by atoms with Crippen molar-refractivity contribution in [2.45, 2.75) is 92.9 Å². The molecule has 1 saturated carbocycles. The molecule has 3 aromatic heterocycles. The van der Waals surface area contributed by atoms with Gasteiger partial charge in [-0.2, -0.15) is 25.0 Å². The Balaban J connectivity index is 1.17. The second-order valence-corrected chi connectivity index (χ2v) is 15.0. The highest BCUT2D eigenvalue weighted by Crippen LogP contribution is 2.48. The zero-order valence-corrected chi connectivity index (χ0v) is 26.7. The predicted molar refractivity (Wildman–Crippen MR) is 168 cm³/mol. The lowest BCUT2D eigenvalue weighted by Crippen LogP contribution is -2.45. The third-order valence-electron chi connectivity index (χ3n) is 11.8. The van der Waals surface area contributed by atoms with Gasteiger partial charge in [-0.15, -0.1) is 11.6 Å². The lowest BCUT2D eigenvalue weighted by atomic mass is 9.66. The highest BCUT2D eigenvalue weighted by Gasteiger charge is 2.50. The molecule has 2 N–H and O–H groups in total. The van der Waals surface area contributed by atoms with E-state index in [-0.39, 0.29) is 58.8 Å². The number of alkyl halides is 2. The number of hydrogen-bond donors (Lipinski definition) is 2. The maximum atomic E-state index is 17.1. The zero-order chi connectivity index (χ0) is 31.0. The SMILES string of the molecule is Fc1c2ncc3c(nc(OC[C@@]45CCCN4C[C@H](F)C5)nc13)N1CCC[C@H](C1)c1cnn(n1)CCCC1C(Cl)CC3NNCC3C21. The summed E-state index contributed by atoms with van der Waals surface area (Å²) in [4.78, 5) is 20.8.